The van der Waals surface area contributed by atoms with Crippen molar-refractivity contribution in [2.24, 2.45) is 0 Å². The summed E-state index contributed by atoms with van der Waals surface area (Å²) < 4.78 is 11.5. The van der Waals surface area contributed by atoms with Crippen LogP contribution in [0.3, 0.4) is 0 Å². The zero-order valence-electron chi connectivity index (χ0n) is 18.8. The molecule has 33 heavy (non-hydrogen) atoms. The summed E-state index contributed by atoms with van der Waals surface area (Å²) in [6.07, 6.45) is 2.35. The Morgan fingerprint density at radius 3 is 2.64 bits per heavy atom. The number of esters is 1. The molecular weight excluding hydrogens is 438 g/mol. The standard InChI is InChI=1S/C25H25N3O4S/c1-4-8-18-16(5-2)23(17-9-6-7-10-19(17)26-18)24(30)32-14-22(29)28-25-27-20-12-11-15(31-3)13-21(20)33-25/h6-7,9-13H,4-5,8,14H2,1-3H3,(H,27,28,29). The lowest BCUT2D eigenvalue weighted by Gasteiger charge is -2.15. The molecule has 0 fully saturated rings. The lowest BCUT2D eigenvalue weighted by molar-refractivity contribution is -0.119. The van der Waals surface area contributed by atoms with E-state index >= 15 is 0 Å². The maximum Gasteiger partial charge on any atom is 0.339 e. The molecule has 0 aliphatic heterocycles. The van der Waals surface area contributed by atoms with Gasteiger partial charge in [0.05, 0.1) is 28.4 Å². The normalized spacial score (nSPS) is 11.0. The summed E-state index contributed by atoms with van der Waals surface area (Å²) in [5, 5.41) is 3.89. The second-order valence-electron chi connectivity index (χ2n) is 7.51. The number of hydrogen-bond acceptors (Lipinski definition) is 7. The molecule has 2 aromatic heterocycles. The van der Waals surface area contributed by atoms with E-state index in [1.165, 1.54) is 11.3 Å². The average Bonchev–Trinajstić information content (AvgIpc) is 3.23. The molecule has 7 nitrogen and oxygen atoms in total. The topological polar surface area (TPSA) is 90.4 Å². The van der Waals surface area contributed by atoms with E-state index in [-0.39, 0.29) is 0 Å². The van der Waals surface area contributed by atoms with Crippen LogP contribution in [-0.2, 0) is 22.4 Å². The minimum atomic E-state index is -0.521. The number of aryl methyl sites for hydroxylation is 1. The zero-order chi connectivity index (χ0) is 23.4. The maximum atomic E-state index is 13.1. The van der Waals surface area contributed by atoms with Crippen LogP contribution in [0.5, 0.6) is 5.75 Å². The minimum absolute atomic E-state index is 0.402. The smallest absolute Gasteiger partial charge is 0.339 e. The fraction of sp³-hybridized carbons (Fsp3) is 0.280. The van der Waals surface area contributed by atoms with Crippen LogP contribution >= 0.6 is 11.3 Å². The Balaban J connectivity index is 1.52. The quantitative estimate of drug-likeness (QED) is 0.363. The molecule has 0 aliphatic rings. The van der Waals surface area contributed by atoms with Crippen LogP contribution in [0, 0.1) is 0 Å². The second-order valence-corrected chi connectivity index (χ2v) is 8.54. The highest BCUT2D eigenvalue weighted by Crippen LogP contribution is 2.29. The molecule has 0 saturated heterocycles. The number of anilines is 1. The van der Waals surface area contributed by atoms with Gasteiger partial charge in [0.15, 0.2) is 11.7 Å². The van der Waals surface area contributed by atoms with Gasteiger partial charge in [-0.3, -0.25) is 15.1 Å². The van der Waals surface area contributed by atoms with E-state index in [0.29, 0.717) is 17.1 Å². The van der Waals surface area contributed by atoms with E-state index in [1.807, 2.05) is 49.4 Å². The largest absolute Gasteiger partial charge is 0.497 e. The Kier molecular flexibility index (Phi) is 6.84. The Bertz CT molecular complexity index is 1330. The van der Waals surface area contributed by atoms with E-state index in [4.69, 9.17) is 14.5 Å². The third-order valence-electron chi connectivity index (χ3n) is 5.30. The molecular formula is C25H25N3O4S. The molecule has 8 heteroatoms. The lowest BCUT2D eigenvalue weighted by Crippen LogP contribution is -2.22. The van der Waals surface area contributed by atoms with E-state index < -0.39 is 18.5 Å². The van der Waals surface area contributed by atoms with Crippen molar-refractivity contribution in [3.63, 3.8) is 0 Å². The molecule has 0 saturated carbocycles. The summed E-state index contributed by atoms with van der Waals surface area (Å²) in [4.78, 5) is 34.7. The van der Waals surface area contributed by atoms with Crippen molar-refractivity contribution in [1.82, 2.24) is 9.97 Å². The van der Waals surface area contributed by atoms with Crippen LogP contribution in [-0.4, -0.2) is 35.6 Å². The number of hydrogen-bond donors (Lipinski definition) is 1. The van der Waals surface area contributed by atoms with E-state index in [9.17, 15) is 9.59 Å². The number of nitrogens with one attached hydrogen (secondary N) is 1. The maximum absolute atomic E-state index is 13.1. The van der Waals surface area contributed by atoms with Gasteiger partial charge in [0.25, 0.3) is 5.91 Å². The van der Waals surface area contributed by atoms with Gasteiger partial charge in [0, 0.05) is 11.1 Å². The van der Waals surface area contributed by atoms with Crippen molar-refractivity contribution in [1.29, 1.82) is 0 Å². The first-order chi connectivity index (χ1) is 16.0. The Labute approximate surface area is 195 Å². The second kappa shape index (κ2) is 9.95. The molecule has 1 N–H and O–H groups in total. The van der Waals surface area contributed by atoms with Gasteiger partial charge in [-0.05, 0) is 42.7 Å². The molecule has 2 heterocycles. The highest BCUT2D eigenvalue weighted by atomic mass is 32.1. The van der Waals surface area contributed by atoms with Crippen LogP contribution in [0.15, 0.2) is 42.5 Å². The van der Waals surface area contributed by atoms with Gasteiger partial charge in [0.1, 0.15) is 5.75 Å². The lowest BCUT2D eigenvalue weighted by atomic mass is 9.96. The van der Waals surface area contributed by atoms with Crippen LogP contribution in [0.2, 0.25) is 0 Å². The van der Waals surface area contributed by atoms with Crippen molar-refractivity contribution in [3.05, 3.63) is 59.3 Å². The summed E-state index contributed by atoms with van der Waals surface area (Å²) in [5.74, 6) is -0.247. The molecule has 0 bridgehead atoms. The Morgan fingerprint density at radius 1 is 1.06 bits per heavy atom. The van der Waals surface area contributed by atoms with Crippen molar-refractivity contribution in [2.75, 3.05) is 19.0 Å². The number of thiazole rings is 1. The zero-order valence-corrected chi connectivity index (χ0v) is 19.6. The molecule has 2 aromatic carbocycles. The number of amides is 1. The fourth-order valence-electron chi connectivity index (χ4n) is 3.80. The number of fused-ring (bicyclic) bond motifs is 2. The summed E-state index contributed by atoms with van der Waals surface area (Å²) in [6.45, 7) is 3.67. The monoisotopic (exact) mass is 463 g/mol. The average molecular weight is 464 g/mol. The molecule has 0 spiro atoms. The van der Waals surface area contributed by atoms with Gasteiger partial charge < -0.3 is 9.47 Å². The third kappa shape index (κ3) is 4.80. The number of pyridine rings is 1. The summed E-state index contributed by atoms with van der Waals surface area (Å²) in [7, 11) is 1.60. The van der Waals surface area contributed by atoms with Gasteiger partial charge in [-0.15, -0.1) is 0 Å². The highest BCUT2D eigenvalue weighted by Gasteiger charge is 2.21. The van der Waals surface area contributed by atoms with Crippen molar-refractivity contribution in [3.8, 4) is 5.75 Å². The van der Waals surface area contributed by atoms with Crippen LogP contribution in [0.4, 0.5) is 5.13 Å². The van der Waals surface area contributed by atoms with Crippen molar-refractivity contribution < 1.29 is 19.1 Å². The van der Waals surface area contributed by atoms with Gasteiger partial charge in [0.2, 0.25) is 0 Å². The number of carbonyl (C=O) groups excluding carboxylic acids is 2. The van der Waals surface area contributed by atoms with Crippen LogP contribution in [0.25, 0.3) is 21.1 Å². The van der Waals surface area contributed by atoms with Gasteiger partial charge in [-0.25, -0.2) is 9.78 Å². The minimum Gasteiger partial charge on any atom is -0.497 e. The first kappa shape index (κ1) is 22.7. The molecule has 0 atom stereocenters. The van der Waals surface area contributed by atoms with E-state index in [1.54, 1.807) is 7.11 Å². The Morgan fingerprint density at radius 2 is 1.88 bits per heavy atom. The molecule has 0 unspecified atom stereocenters. The predicted octanol–water partition coefficient (Wildman–Crippen LogP) is 5.16. The fourth-order valence-corrected chi connectivity index (χ4v) is 4.71. The van der Waals surface area contributed by atoms with Gasteiger partial charge in [-0.1, -0.05) is 49.8 Å². The first-order valence-electron chi connectivity index (χ1n) is 10.9. The number of rotatable bonds is 8. The summed E-state index contributed by atoms with van der Waals surface area (Å²) >= 11 is 1.33. The van der Waals surface area contributed by atoms with Gasteiger partial charge in [-0.2, -0.15) is 0 Å². The number of benzene rings is 2. The van der Waals surface area contributed by atoms with Crippen molar-refractivity contribution >= 4 is 49.5 Å². The molecule has 4 aromatic rings. The summed E-state index contributed by atoms with van der Waals surface area (Å²) in [5.41, 5.74) is 3.78. The summed E-state index contributed by atoms with van der Waals surface area (Å²) in [6, 6.07) is 13.0. The van der Waals surface area contributed by atoms with E-state index in [2.05, 4.69) is 17.2 Å². The van der Waals surface area contributed by atoms with Crippen LogP contribution in [0.1, 0.15) is 41.9 Å². The number of aromatic nitrogens is 2. The molecule has 170 valence electrons. The SMILES string of the molecule is CCCc1nc2ccccc2c(C(=O)OCC(=O)Nc2nc3ccc(OC)cc3s2)c1CC. The molecule has 1 amide bonds. The number of methoxy groups -OCH3 is 1. The van der Waals surface area contributed by atoms with Crippen molar-refractivity contribution in [2.45, 2.75) is 33.1 Å². The highest BCUT2D eigenvalue weighted by molar-refractivity contribution is 7.22. The number of carbonyl (C=O) groups is 2. The van der Waals surface area contributed by atoms with E-state index in [0.717, 1.165) is 51.0 Å². The van der Waals surface area contributed by atoms with Crippen LogP contribution < -0.4 is 10.1 Å². The first-order valence-corrected chi connectivity index (χ1v) is 11.7. The Hall–Kier alpha value is -3.52. The predicted molar refractivity (Wildman–Crippen MR) is 130 cm³/mol. The number of para-hydroxylation sites is 1. The number of ether oxygens (including phenoxy) is 2. The van der Waals surface area contributed by atoms with Gasteiger partial charge >= 0.3 is 5.97 Å². The number of nitrogens with zero attached hydrogens (tertiary/aromatic N) is 2. The molecule has 0 aliphatic carbocycles. The third-order valence-corrected chi connectivity index (χ3v) is 6.23. The molecule has 0 radical (unpaired) electrons. The molecule has 4 rings (SSSR count).